The van der Waals surface area contributed by atoms with Crippen LogP contribution in [0.15, 0.2) is 23.1 Å². The van der Waals surface area contributed by atoms with Crippen molar-refractivity contribution in [1.82, 2.24) is 10.0 Å². The molecular weight excluding hydrogens is 287 g/mol. The van der Waals surface area contributed by atoms with Gasteiger partial charge >= 0.3 is 0 Å². The Balaban J connectivity index is 2.21. The van der Waals surface area contributed by atoms with Crippen molar-refractivity contribution in [2.75, 3.05) is 18.6 Å². The lowest BCUT2D eigenvalue weighted by atomic mass is 10.2. The van der Waals surface area contributed by atoms with Gasteiger partial charge in [0.25, 0.3) is 0 Å². The van der Waals surface area contributed by atoms with Crippen molar-refractivity contribution in [2.45, 2.75) is 23.9 Å². The SMILES string of the molecule is CNCc1cc(S(=O)(=O)NC2CCSC2)ccc1F. The summed E-state index contributed by atoms with van der Waals surface area (Å²) in [5.41, 5.74) is 0.353. The molecule has 7 heteroatoms. The molecule has 4 nitrogen and oxygen atoms in total. The van der Waals surface area contributed by atoms with Crippen LogP contribution in [0.1, 0.15) is 12.0 Å². The van der Waals surface area contributed by atoms with E-state index in [2.05, 4.69) is 10.0 Å². The summed E-state index contributed by atoms with van der Waals surface area (Å²) in [7, 11) is -1.87. The zero-order valence-corrected chi connectivity index (χ0v) is 12.3. The minimum atomic E-state index is -3.56. The summed E-state index contributed by atoms with van der Waals surface area (Å²) < 4.78 is 40.5. The Bertz CT molecular complexity index is 543. The van der Waals surface area contributed by atoms with Crippen LogP contribution < -0.4 is 10.0 Å². The molecule has 2 rings (SSSR count). The van der Waals surface area contributed by atoms with Gasteiger partial charge in [0.1, 0.15) is 5.82 Å². The average molecular weight is 304 g/mol. The predicted molar refractivity (Wildman–Crippen MR) is 75.2 cm³/mol. The lowest BCUT2D eigenvalue weighted by Gasteiger charge is -2.13. The predicted octanol–water partition coefficient (Wildman–Crippen LogP) is 1.33. The summed E-state index contributed by atoms with van der Waals surface area (Å²) >= 11 is 1.73. The molecule has 0 aliphatic carbocycles. The van der Waals surface area contributed by atoms with Gasteiger partial charge in [-0.05, 0) is 37.4 Å². The average Bonchev–Trinajstić information content (AvgIpc) is 2.84. The van der Waals surface area contributed by atoms with Crippen LogP contribution in [-0.4, -0.2) is 33.0 Å². The molecular formula is C12H17FN2O2S2. The molecule has 1 aliphatic heterocycles. The summed E-state index contributed by atoms with van der Waals surface area (Å²) in [6, 6.07) is 3.87. The molecule has 0 spiro atoms. The minimum Gasteiger partial charge on any atom is -0.316 e. The van der Waals surface area contributed by atoms with Gasteiger partial charge in [0.15, 0.2) is 0 Å². The zero-order valence-electron chi connectivity index (χ0n) is 10.6. The first kappa shape index (κ1) is 14.8. The monoisotopic (exact) mass is 304 g/mol. The Morgan fingerprint density at radius 2 is 2.26 bits per heavy atom. The van der Waals surface area contributed by atoms with E-state index in [1.807, 2.05) is 0 Å². The van der Waals surface area contributed by atoms with Crippen molar-refractivity contribution in [3.05, 3.63) is 29.6 Å². The molecule has 1 unspecified atom stereocenters. The van der Waals surface area contributed by atoms with Gasteiger partial charge in [-0.3, -0.25) is 0 Å². The van der Waals surface area contributed by atoms with Crippen LogP contribution in [-0.2, 0) is 16.6 Å². The van der Waals surface area contributed by atoms with Gasteiger partial charge in [0, 0.05) is 23.9 Å². The summed E-state index contributed by atoms with van der Waals surface area (Å²) in [5, 5.41) is 2.82. The number of benzene rings is 1. The molecule has 0 radical (unpaired) electrons. The Morgan fingerprint density at radius 3 is 2.89 bits per heavy atom. The smallest absolute Gasteiger partial charge is 0.240 e. The topological polar surface area (TPSA) is 58.2 Å². The Labute approximate surface area is 117 Å². The van der Waals surface area contributed by atoms with Crippen LogP contribution in [0.5, 0.6) is 0 Å². The van der Waals surface area contributed by atoms with E-state index in [9.17, 15) is 12.8 Å². The standard InChI is InChI=1S/C12H17FN2O2S2/c1-14-7-9-6-11(2-3-12(9)13)19(16,17)15-10-4-5-18-8-10/h2-3,6,10,14-15H,4-5,7-8H2,1H3. The third-order valence-corrected chi connectivity index (χ3v) is 5.63. The van der Waals surface area contributed by atoms with Crippen molar-refractivity contribution in [3.8, 4) is 0 Å². The van der Waals surface area contributed by atoms with Gasteiger partial charge < -0.3 is 5.32 Å². The fraction of sp³-hybridized carbons (Fsp3) is 0.500. The Morgan fingerprint density at radius 1 is 1.47 bits per heavy atom. The maximum Gasteiger partial charge on any atom is 0.240 e. The van der Waals surface area contributed by atoms with E-state index in [1.54, 1.807) is 18.8 Å². The molecule has 0 saturated carbocycles. The number of hydrogen-bond acceptors (Lipinski definition) is 4. The second-order valence-corrected chi connectivity index (χ2v) is 7.33. The summed E-state index contributed by atoms with van der Waals surface area (Å²) in [4.78, 5) is 0.121. The van der Waals surface area contributed by atoms with E-state index < -0.39 is 15.8 Å². The van der Waals surface area contributed by atoms with Gasteiger partial charge in [-0.2, -0.15) is 11.8 Å². The van der Waals surface area contributed by atoms with Crippen molar-refractivity contribution < 1.29 is 12.8 Å². The Hall–Kier alpha value is -0.630. The van der Waals surface area contributed by atoms with Gasteiger partial charge in [-0.1, -0.05) is 0 Å². The van der Waals surface area contributed by atoms with Crippen molar-refractivity contribution in [3.63, 3.8) is 0 Å². The van der Waals surface area contributed by atoms with Gasteiger partial charge in [0.05, 0.1) is 4.90 Å². The number of hydrogen-bond donors (Lipinski definition) is 2. The van der Waals surface area contributed by atoms with Crippen molar-refractivity contribution in [1.29, 1.82) is 0 Å². The van der Waals surface area contributed by atoms with E-state index >= 15 is 0 Å². The van der Waals surface area contributed by atoms with Crippen LogP contribution in [0.3, 0.4) is 0 Å². The molecule has 106 valence electrons. The molecule has 1 aliphatic rings. The largest absolute Gasteiger partial charge is 0.316 e. The number of thioether (sulfide) groups is 1. The first-order chi connectivity index (χ1) is 9.03. The molecule has 1 fully saturated rings. The highest BCUT2D eigenvalue weighted by Gasteiger charge is 2.23. The molecule has 1 atom stereocenters. The second-order valence-electron chi connectivity index (χ2n) is 4.47. The molecule has 19 heavy (non-hydrogen) atoms. The number of nitrogens with one attached hydrogen (secondary N) is 2. The third kappa shape index (κ3) is 3.68. The lowest BCUT2D eigenvalue weighted by Crippen LogP contribution is -2.34. The van der Waals surface area contributed by atoms with Crippen LogP contribution in [0.2, 0.25) is 0 Å². The molecule has 1 saturated heterocycles. The van der Waals surface area contributed by atoms with Crippen LogP contribution >= 0.6 is 11.8 Å². The van der Waals surface area contributed by atoms with E-state index in [0.29, 0.717) is 12.1 Å². The third-order valence-electron chi connectivity index (χ3n) is 2.95. The number of rotatable bonds is 5. The van der Waals surface area contributed by atoms with E-state index in [0.717, 1.165) is 17.9 Å². The maximum atomic E-state index is 13.5. The van der Waals surface area contributed by atoms with Gasteiger partial charge in [0.2, 0.25) is 10.0 Å². The zero-order chi connectivity index (χ0) is 13.9. The fourth-order valence-corrected chi connectivity index (χ4v) is 4.54. The van der Waals surface area contributed by atoms with Gasteiger partial charge in [-0.25, -0.2) is 17.5 Å². The highest BCUT2D eigenvalue weighted by atomic mass is 32.2. The molecule has 1 aromatic carbocycles. The lowest BCUT2D eigenvalue weighted by molar-refractivity contribution is 0.561. The summed E-state index contributed by atoms with van der Waals surface area (Å²) in [5.74, 6) is 1.37. The molecule has 0 aromatic heterocycles. The van der Waals surface area contributed by atoms with Crippen molar-refractivity contribution in [2.24, 2.45) is 0 Å². The molecule has 0 bridgehead atoms. The van der Waals surface area contributed by atoms with Gasteiger partial charge in [-0.15, -0.1) is 0 Å². The molecule has 1 heterocycles. The minimum absolute atomic E-state index is 0.0206. The van der Waals surface area contributed by atoms with Crippen LogP contribution in [0.4, 0.5) is 4.39 Å². The first-order valence-electron chi connectivity index (χ1n) is 6.06. The van der Waals surface area contributed by atoms with E-state index in [1.165, 1.54) is 18.2 Å². The second kappa shape index (κ2) is 6.21. The highest BCUT2D eigenvalue weighted by molar-refractivity contribution is 7.99. The Kier molecular flexibility index (Phi) is 4.83. The number of sulfonamides is 1. The molecule has 2 N–H and O–H groups in total. The quantitative estimate of drug-likeness (QED) is 0.861. The normalized spacial score (nSPS) is 19.8. The van der Waals surface area contributed by atoms with E-state index in [4.69, 9.17) is 0 Å². The molecule has 1 aromatic rings. The van der Waals surface area contributed by atoms with Crippen molar-refractivity contribution >= 4 is 21.8 Å². The van der Waals surface area contributed by atoms with E-state index in [-0.39, 0.29) is 10.9 Å². The number of halogens is 1. The highest BCUT2D eigenvalue weighted by Crippen LogP contribution is 2.20. The van der Waals surface area contributed by atoms with Crippen LogP contribution in [0.25, 0.3) is 0 Å². The maximum absolute atomic E-state index is 13.5. The first-order valence-corrected chi connectivity index (χ1v) is 8.70. The fourth-order valence-electron chi connectivity index (χ4n) is 1.96. The molecule has 0 amide bonds. The summed E-state index contributed by atoms with van der Waals surface area (Å²) in [6.07, 6.45) is 0.842. The summed E-state index contributed by atoms with van der Waals surface area (Å²) in [6.45, 7) is 0.300. The van der Waals surface area contributed by atoms with Crippen LogP contribution in [0, 0.1) is 5.82 Å².